The number of aliphatic hydroxyl groups excluding tert-OH is 2. The van der Waals surface area contributed by atoms with Crippen LogP contribution in [0.5, 0.6) is 0 Å². The third-order valence-electron chi connectivity index (χ3n) is 12.1. The minimum atomic E-state index is -0.579. The smallest absolute Gasteiger partial charge is 0.0711 e. The van der Waals surface area contributed by atoms with Crippen molar-refractivity contribution in [3.05, 3.63) is 0 Å². The Morgan fingerprint density at radius 3 is 2.39 bits per heavy atom. The Kier molecular flexibility index (Phi) is 4.94. The van der Waals surface area contributed by atoms with Gasteiger partial charge in [-0.2, -0.15) is 0 Å². The first-order chi connectivity index (χ1) is 14.7. The first-order valence-corrected chi connectivity index (χ1v) is 13.5. The van der Waals surface area contributed by atoms with E-state index in [-0.39, 0.29) is 29.5 Å². The Hall–Kier alpha value is -0.160. The zero-order valence-corrected chi connectivity index (χ0v) is 19.9. The largest absolute Gasteiger partial charge is 0.393 e. The van der Waals surface area contributed by atoms with E-state index >= 15 is 0 Å². The summed E-state index contributed by atoms with van der Waals surface area (Å²) in [6, 6.07) is 0.760. The van der Waals surface area contributed by atoms with Gasteiger partial charge in [0.25, 0.3) is 0 Å². The van der Waals surface area contributed by atoms with E-state index in [4.69, 9.17) is 0 Å². The Bertz CT molecular complexity index is 713. The van der Waals surface area contributed by atoms with Gasteiger partial charge >= 0.3 is 0 Å². The lowest BCUT2D eigenvalue weighted by molar-refractivity contribution is -0.176. The summed E-state index contributed by atoms with van der Waals surface area (Å²) in [5.74, 6) is 4.30. The molecule has 176 valence electrons. The van der Waals surface area contributed by atoms with Crippen molar-refractivity contribution in [3.8, 4) is 0 Å². The molecule has 2 aliphatic heterocycles. The molecule has 0 amide bonds. The first kappa shape index (κ1) is 21.4. The van der Waals surface area contributed by atoms with Gasteiger partial charge in [-0.25, -0.2) is 0 Å². The second-order valence-corrected chi connectivity index (χ2v) is 13.3. The van der Waals surface area contributed by atoms with Crippen LogP contribution in [0, 0.1) is 52.8 Å². The molecule has 0 radical (unpaired) electrons. The molecule has 6 aliphatic rings. The highest BCUT2D eigenvalue weighted by molar-refractivity contribution is 5.17. The molecule has 4 nitrogen and oxygen atoms in total. The molecule has 0 bridgehead atoms. The Balaban J connectivity index is 1.32. The molecule has 0 spiro atoms. The lowest BCUT2D eigenvalue weighted by Crippen LogP contribution is -2.62. The molecule has 2 saturated heterocycles. The van der Waals surface area contributed by atoms with Gasteiger partial charge in [-0.15, -0.1) is 0 Å². The number of hydrogen-bond donors (Lipinski definition) is 3. The van der Waals surface area contributed by atoms with E-state index in [1.54, 1.807) is 0 Å². The zero-order valence-electron chi connectivity index (χ0n) is 19.9. The van der Waals surface area contributed by atoms with Gasteiger partial charge in [-0.05, 0) is 111 Å². The van der Waals surface area contributed by atoms with Crippen LogP contribution in [0.3, 0.4) is 0 Å². The summed E-state index contributed by atoms with van der Waals surface area (Å²) >= 11 is 0. The van der Waals surface area contributed by atoms with Gasteiger partial charge in [0.2, 0.25) is 0 Å². The third-order valence-corrected chi connectivity index (χ3v) is 12.1. The third kappa shape index (κ3) is 2.93. The Labute approximate surface area is 188 Å². The van der Waals surface area contributed by atoms with E-state index in [0.717, 1.165) is 62.3 Å². The van der Waals surface area contributed by atoms with Crippen LogP contribution in [-0.2, 0) is 0 Å². The van der Waals surface area contributed by atoms with Crippen LogP contribution in [0.4, 0.5) is 0 Å². The number of fused-ring (bicyclic) bond motifs is 8. The van der Waals surface area contributed by atoms with Crippen LogP contribution >= 0.6 is 0 Å². The van der Waals surface area contributed by atoms with Gasteiger partial charge in [0.1, 0.15) is 0 Å². The second kappa shape index (κ2) is 7.17. The lowest BCUT2D eigenvalue weighted by Gasteiger charge is -2.59. The molecule has 6 fully saturated rings. The van der Waals surface area contributed by atoms with Gasteiger partial charge in [0.15, 0.2) is 0 Å². The molecule has 6 rings (SSSR count). The number of piperidine rings is 2. The minimum absolute atomic E-state index is 0.0760. The van der Waals surface area contributed by atoms with Crippen LogP contribution in [0.2, 0.25) is 0 Å². The number of hydrogen-bond acceptors (Lipinski definition) is 4. The predicted octanol–water partition coefficient (Wildman–Crippen LogP) is 3.68. The highest BCUT2D eigenvalue weighted by Gasteiger charge is 2.67. The SMILES string of the molecule is C[C@@H]1CCC2[C@H](C)C3CCC4(O)C(CC5[C@H]4CC(O)C4CC(O)CC[C@@]45C)[C@@H]3CN2C1. The van der Waals surface area contributed by atoms with Gasteiger partial charge in [-0.1, -0.05) is 20.8 Å². The van der Waals surface area contributed by atoms with Crippen molar-refractivity contribution in [2.24, 2.45) is 52.8 Å². The molecule has 4 heteroatoms. The highest BCUT2D eigenvalue weighted by Crippen LogP contribution is 2.68. The molecule has 2 heterocycles. The first-order valence-electron chi connectivity index (χ1n) is 13.5. The summed E-state index contributed by atoms with van der Waals surface area (Å²) in [6.45, 7) is 9.76. The monoisotopic (exact) mass is 431 g/mol. The maximum Gasteiger partial charge on any atom is 0.0711 e. The average Bonchev–Trinajstić information content (AvgIpc) is 3.03. The summed E-state index contributed by atoms with van der Waals surface area (Å²) < 4.78 is 0. The van der Waals surface area contributed by atoms with Crippen LogP contribution in [-0.4, -0.2) is 57.2 Å². The second-order valence-electron chi connectivity index (χ2n) is 13.3. The van der Waals surface area contributed by atoms with Crippen molar-refractivity contribution in [2.45, 2.75) is 102 Å². The Morgan fingerprint density at radius 1 is 0.774 bits per heavy atom. The van der Waals surface area contributed by atoms with E-state index in [9.17, 15) is 15.3 Å². The van der Waals surface area contributed by atoms with Crippen LogP contribution in [0.15, 0.2) is 0 Å². The topological polar surface area (TPSA) is 63.9 Å². The van der Waals surface area contributed by atoms with E-state index in [2.05, 4.69) is 25.7 Å². The number of aliphatic hydroxyl groups is 3. The quantitative estimate of drug-likeness (QED) is 0.547. The van der Waals surface area contributed by atoms with E-state index in [1.165, 1.54) is 32.4 Å². The molecule has 4 aliphatic carbocycles. The standard InChI is InChI=1S/C27H45NO3/c1-15-4-5-24-16(2)18-7-9-27(31)20(19(18)14-28(24)13-15)11-21-22(27)12-25(30)23-10-17(29)6-8-26(21,23)3/h15-25,29-31H,4-14H2,1-3H3/t15-,16-,17?,18?,19-,20?,21?,22-,23?,24?,25?,26-,27?/m1/s1. The number of rotatable bonds is 0. The lowest BCUT2D eigenvalue weighted by atomic mass is 9.50. The highest BCUT2D eigenvalue weighted by atomic mass is 16.3. The normalized spacial score (nSPS) is 61.5. The Morgan fingerprint density at radius 2 is 1.58 bits per heavy atom. The van der Waals surface area contributed by atoms with Crippen molar-refractivity contribution in [3.63, 3.8) is 0 Å². The molecule has 0 aromatic heterocycles. The van der Waals surface area contributed by atoms with Crippen molar-refractivity contribution in [1.82, 2.24) is 4.90 Å². The van der Waals surface area contributed by atoms with E-state index < -0.39 is 5.60 Å². The van der Waals surface area contributed by atoms with Gasteiger partial charge in [-0.3, -0.25) is 4.90 Å². The maximum atomic E-state index is 12.3. The van der Waals surface area contributed by atoms with Crippen molar-refractivity contribution >= 4 is 0 Å². The van der Waals surface area contributed by atoms with Crippen molar-refractivity contribution < 1.29 is 15.3 Å². The zero-order chi connectivity index (χ0) is 21.7. The van der Waals surface area contributed by atoms with Gasteiger partial charge < -0.3 is 15.3 Å². The fraction of sp³-hybridized carbons (Fsp3) is 1.00. The predicted molar refractivity (Wildman–Crippen MR) is 121 cm³/mol. The fourth-order valence-corrected chi connectivity index (χ4v) is 10.6. The molecule has 31 heavy (non-hydrogen) atoms. The molecule has 0 aromatic carbocycles. The molecular formula is C27H45NO3. The molecule has 3 N–H and O–H groups in total. The molecule has 4 saturated carbocycles. The summed E-state index contributed by atoms with van der Waals surface area (Å²) in [5.41, 5.74) is -0.503. The van der Waals surface area contributed by atoms with Crippen LogP contribution < -0.4 is 0 Å². The molecule has 8 unspecified atom stereocenters. The van der Waals surface area contributed by atoms with Crippen LogP contribution in [0.25, 0.3) is 0 Å². The van der Waals surface area contributed by atoms with Gasteiger partial charge in [0.05, 0.1) is 17.8 Å². The summed E-state index contributed by atoms with van der Waals surface area (Å²) in [7, 11) is 0. The molecule has 13 atom stereocenters. The van der Waals surface area contributed by atoms with Crippen LogP contribution in [0.1, 0.15) is 78.6 Å². The molecule has 0 aromatic rings. The summed E-state index contributed by atoms with van der Waals surface area (Å²) in [5, 5.41) is 33.8. The fourth-order valence-electron chi connectivity index (χ4n) is 10.6. The summed E-state index contributed by atoms with van der Waals surface area (Å²) in [6.07, 6.45) is 8.78. The maximum absolute atomic E-state index is 12.3. The summed E-state index contributed by atoms with van der Waals surface area (Å²) in [4.78, 5) is 2.81. The van der Waals surface area contributed by atoms with Crippen molar-refractivity contribution in [1.29, 1.82) is 0 Å². The van der Waals surface area contributed by atoms with E-state index in [1.807, 2.05) is 0 Å². The van der Waals surface area contributed by atoms with Crippen molar-refractivity contribution in [2.75, 3.05) is 13.1 Å². The van der Waals surface area contributed by atoms with E-state index in [0.29, 0.717) is 17.8 Å². The average molecular weight is 432 g/mol. The minimum Gasteiger partial charge on any atom is -0.393 e. The van der Waals surface area contributed by atoms with Gasteiger partial charge in [0, 0.05) is 19.1 Å². The molecular weight excluding hydrogens is 386 g/mol. The number of nitrogens with zero attached hydrogens (tertiary/aromatic N) is 1.